The number of fused-ring (bicyclic) bond motifs is 4. The van der Waals surface area contributed by atoms with Crippen LogP contribution in [0.4, 0.5) is 4.79 Å². The third-order valence-electron chi connectivity index (χ3n) is 6.29. The molecule has 9 heteroatoms. The molecule has 0 bridgehead atoms. The summed E-state index contributed by atoms with van der Waals surface area (Å²) in [6, 6.07) is 16.0. The summed E-state index contributed by atoms with van der Waals surface area (Å²) in [7, 11) is 0. The number of aliphatic hydroxyl groups excluding tert-OH is 1. The molecule has 5 rings (SSSR count). The predicted molar refractivity (Wildman–Crippen MR) is 114 cm³/mol. The smallest absolute Gasteiger partial charge is 0.407 e. The maximum absolute atomic E-state index is 12.4. The Bertz CT molecular complexity index is 1060. The van der Waals surface area contributed by atoms with Gasteiger partial charge in [-0.25, -0.2) is 9.59 Å². The first-order valence-corrected chi connectivity index (χ1v) is 10.8. The number of hydrogen-bond acceptors (Lipinski definition) is 7. The van der Waals surface area contributed by atoms with Crippen molar-refractivity contribution in [3.8, 4) is 11.1 Å². The van der Waals surface area contributed by atoms with Crippen LogP contribution in [0.1, 0.15) is 30.9 Å². The second kappa shape index (κ2) is 7.81. The number of aliphatic hydroxyl groups is 1. The van der Waals surface area contributed by atoms with E-state index in [4.69, 9.17) is 18.9 Å². The molecule has 2 aliphatic heterocycles. The largest absolute Gasteiger partial charge is 0.477 e. The molecule has 0 spiro atoms. The van der Waals surface area contributed by atoms with E-state index in [1.165, 1.54) is 13.8 Å². The molecule has 0 aromatic heterocycles. The molecular weight excluding hydrogens is 430 g/mol. The number of amides is 1. The van der Waals surface area contributed by atoms with Gasteiger partial charge in [-0.05, 0) is 36.1 Å². The molecule has 3 aliphatic rings. The molecule has 4 atom stereocenters. The lowest BCUT2D eigenvalue weighted by Crippen LogP contribution is -2.48. The summed E-state index contributed by atoms with van der Waals surface area (Å²) in [5.74, 6) is -4.85. The highest BCUT2D eigenvalue weighted by molar-refractivity contribution is 5.79. The molecule has 3 N–H and O–H groups in total. The number of carbonyl (C=O) groups excluding carboxylic acids is 1. The number of carboxylic acids is 1. The van der Waals surface area contributed by atoms with E-state index >= 15 is 0 Å². The van der Waals surface area contributed by atoms with Crippen LogP contribution in [0.3, 0.4) is 0 Å². The van der Waals surface area contributed by atoms with Crippen LogP contribution in [0.5, 0.6) is 0 Å². The monoisotopic (exact) mass is 455 g/mol. The van der Waals surface area contributed by atoms with Crippen molar-refractivity contribution < 1.29 is 38.7 Å². The van der Waals surface area contributed by atoms with Crippen LogP contribution in [0.2, 0.25) is 0 Å². The minimum Gasteiger partial charge on any atom is -0.477 e. The van der Waals surface area contributed by atoms with Crippen LogP contribution in [-0.4, -0.2) is 65.3 Å². The van der Waals surface area contributed by atoms with Crippen LogP contribution in [0.25, 0.3) is 11.1 Å². The minimum absolute atomic E-state index is 0.0878. The highest BCUT2D eigenvalue weighted by Crippen LogP contribution is 2.46. The quantitative estimate of drug-likeness (QED) is 0.627. The molecule has 2 aromatic carbocycles. The molecule has 2 heterocycles. The fourth-order valence-corrected chi connectivity index (χ4v) is 4.92. The predicted octanol–water partition coefficient (Wildman–Crippen LogP) is 2.22. The Morgan fingerprint density at radius 3 is 2.21 bits per heavy atom. The normalized spacial score (nSPS) is 29.2. The highest BCUT2D eigenvalue weighted by Gasteiger charge is 2.69. The summed E-state index contributed by atoms with van der Waals surface area (Å²) in [4.78, 5) is 24.2. The van der Waals surface area contributed by atoms with E-state index in [2.05, 4.69) is 5.32 Å². The topological polar surface area (TPSA) is 124 Å². The van der Waals surface area contributed by atoms with Gasteiger partial charge in [-0.2, -0.15) is 0 Å². The Kier molecular flexibility index (Phi) is 5.17. The Balaban J connectivity index is 1.21. The number of benzene rings is 2. The number of carbonyl (C=O) groups is 2. The number of nitrogens with one attached hydrogen (secondary N) is 1. The van der Waals surface area contributed by atoms with Crippen LogP contribution >= 0.6 is 0 Å². The van der Waals surface area contributed by atoms with Crippen molar-refractivity contribution in [1.29, 1.82) is 0 Å². The average molecular weight is 455 g/mol. The van der Waals surface area contributed by atoms with E-state index in [0.29, 0.717) is 0 Å². The van der Waals surface area contributed by atoms with Crippen LogP contribution < -0.4 is 5.32 Å². The van der Waals surface area contributed by atoms with E-state index in [1.54, 1.807) is 0 Å². The standard InChI is InChI=1S/C24H25NO8/c1-23(2)32-20-19(26)18(31-24(20,33-23)21(27)28)11-25-22(29)30-12-17-15-9-5-3-7-13(15)14-8-4-6-10-16(14)17/h3-10,17-20,26H,11-12H2,1-2H3,(H,25,29)(H,27,28)/t18?,19?,20?,24-/m1/s1. The Labute approximate surface area is 190 Å². The Hall–Kier alpha value is -2.98. The SMILES string of the molecule is CC1(C)OC2C(O)C(CNC(=O)OCC3c4ccccc4-c4ccccc43)O[C@@]2(C(=O)O)O1. The molecule has 9 nitrogen and oxygen atoms in total. The zero-order chi connectivity index (χ0) is 23.4. The highest BCUT2D eigenvalue weighted by atomic mass is 16.9. The third-order valence-corrected chi connectivity index (χ3v) is 6.29. The molecule has 2 aromatic rings. The average Bonchev–Trinajstić information content (AvgIpc) is 3.35. The number of aliphatic carboxylic acids is 1. The lowest BCUT2D eigenvalue weighted by atomic mass is 9.98. The van der Waals surface area contributed by atoms with E-state index in [1.807, 2.05) is 48.5 Å². The first-order chi connectivity index (χ1) is 15.7. The fourth-order valence-electron chi connectivity index (χ4n) is 4.92. The van der Waals surface area contributed by atoms with E-state index in [0.717, 1.165) is 22.3 Å². The second-order valence-electron chi connectivity index (χ2n) is 8.87. The molecule has 1 aliphatic carbocycles. The van der Waals surface area contributed by atoms with Crippen LogP contribution in [0, 0.1) is 0 Å². The van der Waals surface area contributed by atoms with Gasteiger partial charge in [-0.15, -0.1) is 0 Å². The molecule has 33 heavy (non-hydrogen) atoms. The number of ether oxygens (including phenoxy) is 4. The van der Waals surface area contributed by atoms with Gasteiger partial charge in [0.15, 0.2) is 11.9 Å². The van der Waals surface area contributed by atoms with Crippen molar-refractivity contribution in [3.63, 3.8) is 0 Å². The van der Waals surface area contributed by atoms with Gasteiger partial charge in [0.1, 0.15) is 18.8 Å². The summed E-state index contributed by atoms with van der Waals surface area (Å²) in [5, 5.41) is 22.7. The van der Waals surface area contributed by atoms with Crippen molar-refractivity contribution >= 4 is 12.1 Å². The number of carboxylic acid groups (broad SMARTS) is 1. The molecule has 0 radical (unpaired) electrons. The summed E-state index contributed by atoms with van der Waals surface area (Å²) in [6.45, 7) is 3.04. The Morgan fingerprint density at radius 2 is 1.64 bits per heavy atom. The van der Waals surface area contributed by atoms with Gasteiger partial charge in [0.25, 0.3) is 0 Å². The number of hydrogen-bond donors (Lipinski definition) is 3. The minimum atomic E-state index is -2.13. The molecule has 0 saturated carbocycles. The zero-order valence-electron chi connectivity index (χ0n) is 18.2. The first-order valence-electron chi connectivity index (χ1n) is 10.8. The summed E-state index contributed by atoms with van der Waals surface area (Å²) in [5.41, 5.74) is 4.43. The molecular formula is C24H25NO8. The lowest BCUT2D eigenvalue weighted by molar-refractivity contribution is -0.262. The van der Waals surface area contributed by atoms with E-state index < -0.39 is 41.9 Å². The Morgan fingerprint density at radius 1 is 1.03 bits per heavy atom. The summed E-state index contributed by atoms with van der Waals surface area (Å²) < 4.78 is 22.0. The lowest BCUT2D eigenvalue weighted by Gasteiger charge is -2.25. The molecule has 174 valence electrons. The van der Waals surface area contributed by atoms with Gasteiger partial charge < -0.3 is 34.5 Å². The molecule has 3 unspecified atom stereocenters. The number of alkyl carbamates (subject to hydrolysis) is 1. The van der Waals surface area contributed by atoms with Gasteiger partial charge in [0.05, 0.1) is 0 Å². The fraction of sp³-hybridized carbons (Fsp3) is 0.417. The van der Waals surface area contributed by atoms with Crippen molar-refractivity contribution in [3.05, 3.63) is 59.7 Å². The number of rotatable bonds is 5. The maximum atomic E-state index is 12.4. The zero-order valence-corrected chi connectivity index (χ0v) is 18.2. The third kappa shape index (κ3) is 3.57. The van der Waals surface area contributed by atoms with Crippen LogP contribution in [-0.2, 0) is 23.7 Å². The van der Waals surface area contributed by atoms with E-state index in [9.17, 15) is 19.8 Å². The van der Waals surface area contributed by atoms with E-state index in [-0.39, 0.29) is 19.1 Å². The maximum Gasteiger partial charge on any atom is 0.407 e. The summed E-state index contributed by atoms with van der Waals surface area (Å²) in [6.07, 6.45) is -4.27. The van der Waals surface area contributed by atoms with Gasteiger partial charge >= 0.3 is 17.8 Å². The van der Waals surface area contributed by atoms with Crippen molar-refractivity contribution in [2.45, 2.75) is 49.7 Å². The second-order valence-corrected chi connectivity index (χ2v) is 8.87. The van der Waals surface area contributed by atoms with Crippen molar-refractivity contribution in [2.24, 2.45) is 0 Å². The van der Waals surface area contributed by atoms with Gasteiger partial charge in [-0.1, -0.05) is 48.5 Å². The molecule has 2 fully saturated rings. The van der Waals surface area contributed by atoms with Gasteiger partial charge in [0.2, 0.25) is 0 Å². The molecule has 1 amide bonds. The first kappa shape index (κ1) is 21.8. The van der Waals surface area contributed by atoms with Crippen molar-refractivity contribution in [2.75, 3.05) is 13.2 Å². The van der Waals surface area contributed by atoms with Gasteiger partial charge in [-0.3, -0.25) is 0 Å². The van der Waals surface area contributed by atoms with Gasteiger partial charge in [0, 0.05) is 12.5 Å². The van der Waals surface area contributed by atoms with Crippen molar-refractivity contribution in [1.82, 2.24) is 5.32 Å². The summed E-state index contributed by atoms with van der Waals surface area (Å²) >= 11 is 0. The van der Waals surface area contributed by atoms with Crippen LogP contribution in [0.15, 0.2) is 48.5 Å². The molecule has 2 saturated heterocycles.